The van der Waals surface area contributed by atoms with Gasteiger partial charge in [-0.1, -0.05) is 6.07 Å². The third-order valence-corrected chi connectivity index (χ3v) is 3.89. The Hall–Kier alpha value is -0.940. The van der Waals surface area contributed by atoms with E-state index in [0.29, 0.717) is 18.0 Å². The predicted molar refractivity (Wildman–Crippen MR) is 70.0 cm³/mol. The normalized spacial score (nSPS) is 16.6. The zero-order chi connectivity index (χ0) is 13.0. The average molecular weight is 316 g/mol. The maximum atomic E-state index is 13.3. The van der Waals surface area contributed by atoms with Crippen LogP contribution in [0, 0.1) is 11.7 Å². The molecule has 0 aliphatic carbocycles. The molecule has 5 heteroatoms. The predicted octanol–water partition coefficient (Wildman–Crippen LogP) is 2.74. The Morgan fingerprint density at radius 3 is 2.89 bits per heavy atom. The second kappa shape index (κ2) is 6.29. The molecule has 0 aromatic heterocycles. The highest BCUT2D eigenvalue weighted by Crippen LogP contribution is 2.20. The van der Waals surface area contributed by atoms with Crippen LogP contribution in [0.15, 0.2) is 22.7 Å². The van der Waals surface area contributed by atoms with Gasteiger partial charge in [-0.2, -0.15) is 0 Å². The molecule has 0 spiro atoms. The number of amides is 1. The van der Waals surface area contributed by atoms with E-state index in [1.54, 1.807) is 6.07 Å². The molecule has 1 aromatic carbocycles. The van der Waals surface area contributed by atoms with Gasteiger partial charge >= 0.3 is 0 Å². The van der Waals surface area contributed by atoms with Crippen molar-refractivity contribution in [3.63, 3.8) is 0 Å². The second-order valence-corrected chi connectivity index (χ2v) is 5.16. The number of hydrogen-bond donors (Lipinski definition) is 1. The summed E-state index contributed by atoms with van der Waals surface area (Å²) in [7, 11) is 0. The number of rotatable bonds is 3. The highest BCUT2D eigenvalue weighted by atomic mass is 79.9. The number of ether oxygens (including phenoxy) is 1. The third kappa shape index (κ3) is 3.29. The molecule has 1 aromatic rings. The van der Waals surface area contributed by atoms with Crippen molar-refractivity contribution in [2.24, 2.45) is 5.92 Å². The van der Waals surface area contributed by atoms with Gasteiger partial charge in [-0.05, 0) is 46.8 Å². The van der Waals surface area contributed by atoms with Crippen molar-refractivity contribution in [3.05, 3.63) is 34.1 Å². The van der Waals surface area contributed by atoms with E-state index in [1.807, 2.05) is 0 Å². The van der Waals surface area contributed by atoms with Crippen molar-refractivity contribution in [1.29, 1.82) is 0 Å². The van der Waals surface area contributed by atoms with E-state index in [2.05, 4.69) is 21.2 Å². The number of nitrogens with one attached hydrogen (secondary N) is 1. The molecule has 1 aliphatic heterocycles. The van der Waals surface area contributed by atoms with E-state index >= 15 is 0 Å². The Balaban J connectivity index is 1.93. The molecule has 0 radical (unpaired) electrons. The molecule has 1 heterocycles. The molecule has 0 atom stereocenters. The summed E-state index contributed by atoms with van der Waals surface area (Å²) in [6.45, 7) is 2.12. The number of halogens is 2. The molecule has 0 saturated carbocycles. The first kappa shape index (κ1) is 13.5. The van der Waals surface area contributed by atoms with Crippen LogP contribution in [0.2, 0.25) is 0 Å². The summed E-state index contributed by atoms with van der Waals surface area (Å²) in [5.41, 5.74) is 0.335. The maximum absolute atomic E-state index is 13.3. The smallest absolute Gasteiger partial charge is 0.252 e. The Morgan fingerprint density at radius 1 is 1.44 bits per heavy atom. The van der Waals surface area contributed by atoms with Gasteiger partial charge in [0.1, 0.15) is 5.82 Å². The topological polar surface area (TPSA) is 38.3 Å². The van der Waals surface area contributed by atoms with Gasteiger partial charge < -0.3 is 10.1 Å². The molecule has 1 N–H and O–H groups in total. The van der Waals surface area contributed by atoms with Gasteiger partial charge in [0, 0.05) is 19.8 Å². The van der Waals surface area contributed by atoms with E-state index in [1.165, 1.54) is 12.1 Å². The molecule has 1 fully saturated rings. The quantitative estimate of drug-likeness (QED) is 0.931. The van der Waals surface area contributed by atoms with Crippen LogP contribution in [0.4, 0.5) is 4.39 Å². The molecule has 2 rings (SSSR count). The monoisotopic (exact) mass is 315 g/mol. The molecule has 1 saturated heterocycles. The van der Waals surface area contributed by atoms with Crippen LogP contribution in [-0.2, 0) is 4.74 Å². The van der Waals surface area contributed by atoms with Crippen molar-refractivity contribution < 1.29 is 13.9 Å². The van der Waals surface area contributed by atoms with Crippen LogP contribution in [0.25, 0.3) is 0 Å². The highest BCUT2D eigenvalue weighted by molar-refractivity contribution is 9.10. The van der Waals surface area contributed by atoms with Gasteiger partial charge in [0.2, 0.25) is 0 Å². The standard InChI is InChI=1S/C13H15BrFNO2/c14-12-10(2-1-3-11(12)15)13(17)16-8-9-4-6-18-7-5-9/h1-3,9H,4-8H2,(H,16,17). The first-order valence-corrected chi connectivity index (χ1v) is 6.77. The van der Waals surface area contributed by atoms with Gasteiger partial charge in [-0.15, -0.1) is 0 Å². The molecule has 1 aliphatic rings. The fourth-order valence-electron chi connectivity index (χ4n) is 1.96. The summed E-state index contributed by atoms with van der Waals surface area (Å²) in [5, 5.41) is 2.85. The Kier molecular flexibility index (Phi) is 4.72. The van der Waals surface area contributed by atoms with E-state index in [4.69, 9.17) is 4.74 Å². The van der Waals surface area contributed by atoms with Crippen molar-refractivity contribution >= 4 is 21.8 Å². The van der Waals surface area contributed by atoms with E-state index in [0.717, 1.165) is 26.1 Å². The lowest BCUT2D eigenvalue weighted by molar-refractivity contribution is 0.0642. The summed E-state index contributed by atoms with van der Waals surface area (Å²) < 4.78 is 18.8. The van der Waals surface area contributed by atoms with Crippen LogP contribution in [0.5, 0.6) is 0 Å². The molecule has 0 bridgehead atoms. The highest BCUT2D eigenvalue weighted by Gasteiger charge is 2.17. The zero-order valence-electron chi connectivity index (χ0n) is 9.92. The number of carbonyl (C=O) groups is 1. The SMILES string of the molecule is O=C(NCC1CCOCC1)c1cccc(F)c1Br. The van der Waals surface area contributed by atoms with Crippen LogP contribution in [0.1, 0.15) is 23.2 Å². The molecule has 18 heavy (non-hydrogen) atoms. The minimum atomic E-state index is -0.422. The van der Waals surface area contributed by atoms with Crippen LogP contribution >= 0.6 is 15.9 Å². The first-order valence-electron chi connectivity index (χ1n) is 5.98. The van der Waals surface area contributed by atoms with Gasteiger partial charge in [-0.3, -0.25) is 4.79 Å². The third-order valence-electron chi connectivity index (χ3n) is 3.09. The molecule has 98 valence electrons. The van der Waals surface area contributed by atoms with Gasteiger partial charge in [0.15, 0.2) is 0 Å². The van der Waals surface area contributed by atoms with Gasteiger partial charge in [0.05, 0.1) is 10.0 Å². The summed E-state index contributed by atoms with van der Waals surface area (Å²) in [4.78, 5) is 11.9. The lowest BCUT2D eigenvalue weighted by atomic mass is 10.0. The van der Waals surface area contributed by atoms with Crippen molar-refractivity contribution in [2.45, 2.75) is 12.8 Å². The van der Waals surface area contributed by atoms with Crippen LogP contribution < -0.4 is 5.32 Å². The molecular formula is C13H15BrFNO2. The Labute approximate surface area is 114 Å². The minimum Gasteiger partial charge on any atom is -0.381 e. The average Bonchev–Trinajstić information content (AvgIpc) is 2.40. The lowest BCUT2D eigenvalue weighted by Gasteiger charge is -2.22. The van der Waals surface area contributed by atoms with E-state index in [9.17, 15) is 9.18 Å². The first-order chi connectivity index (χ1) is 8.68. The molecule has 3 nitrogen and oxygen atoms in total. The van der Waals surface area contributed by atoms with E-state index < -0.39 is 5.82 Å². The fraction of sp³-hybridized carbons (Fsp3) is 0.462. The summed E-state index contributed by atoms with van der Waals surface area (Å²) in [5.74, 6) is -0.211. The van der Waals surface area contributed by atoms with E-state index in [-0.39, 0.29) is 10.4 Å². The molecular weight excluding hydrogens is 301 g/mol. The second-order valence-electron chi connectivity index (χ2n) is 4.37. The summed E-state index contributed by atoms with van der Waals surface area (Å²) >= 11 is 3.09. The lowest BCUT2D eigenvalue weighted by Crippen LogP contribution is -2.32. The number of carbonyl (C=O) groups excluding carboxylic acids is 1. The zero-order valence-corrected chi connectivity index (χ0v) is 11.5. The summed E-state index contributed by atoms with van der Waals surface area (Å²) in [6, 6.07) is 4.45. The van der Waals surface area contributed by atoms with Gasteiger partial charge in [0.25, 0.3) is 5.91 Å². The van der Waals surface area contributed by atoms with Gasteiger partial charge in [-0.25, -0.2) is 4.39 Å². The van der Waals surface area contributed by atoms with Crippen molar-refractivity contribution in [1.82, 2.24) is 5.32 Å². The number of hydrogen-bond acceptors (Lipinski definition) is 2. The minimum absolute atomic E-state index is 0.217. The Bertz CT molecular complexity index is 433. The Morgan fingerprint density at radius 2 is 2.17 bits per heavy atom. The van der Waals surface area contributed by atoms with Crippen LogP contribution in [-0.4, -0.2) is 25.7 Å². The summed E-state index contributed by atoms with van der Waals surface area (Å²) in [6.07, 6.45) is 1.93. The van der Waals surface area contributed by atoms with Crippen LogP contribution in [0.3, 0.4) is 0 Å². The van der Waals surface area contributed by atoms with Crippen molar-refractivity contribution in [2.75, 3.05) is 19.8 Å². The maximum Gasteiger partial charge on any atom is 0.252 e. The molecule has 1 amide bonds. The fourth-order valence-corrected chi connectivity index (χ4v) is 2.41. The largest absolute Gasteiger partial charge is 0.381 e. The number of benzene rings is 1. The van der Waals surface area contributed by atoms with Crippen molar-refractivity contribution in [3.8, 4) is 0 Å². The molecule has 0 unspecified atom stereocenters.